The van der Waals surface area contributed by atoms with Crippen LogP contribution in [0.2, 0.25) is 0 Å². The smallest absolute Gasteiger partial charge is 0.335 e. The van der Waals surface area contributed by atoms with Gasteiger partial charge in [0.2, 0.25) is 5.88 Å². The van der Waals surface area contributed by atoms with Crippen molar-refractivity contribution >= 4 is 59.0 Å². The number of fused-ring (bicyclic) bond motifs is 1. The first-order valence-corrected chi connectivity index (χ1v) is 10.8. The SMILES string of the molecule is CCCCN1C(=C=Cc2sc(=S)n(CC(=O)O)c2O)Sc2ccc(C(=O)O)cc21. The Morgan fingerprint density at radius 2 is 2.07 bits per heavy atom. The number of anilines is 1. The molecule has 7 nitrogen and oxygen atoms in total. The van der Waals surface area contributed by atoms with Crippen LogP contribution in [0.4, 0.5) is 5.69 Å². The molecule has 0 spiro atoms. The first kappa shape index (κ1) is 21.2. The molecule has 0 aliphatic carbocycles. The molecule has 1 aromatic carbocycles. The number of carboxylic acid groups (broad SMARTS) is 2. The number of thiazole rings is 1. The number of unbranched alkanes of at least 4 members (excludes halogenated alkanes) is 1. The molecule has 0 fully saturated rings. The lowest BCUT2D eigenvalue weighted by Crippen LogP contribution is -2.18. The monoisotopic (exact) mass is 450 g/mol. The zero-order valence-corrected chi connectivity index (χ0v) is 17.9. The van der Waals surface area contributed by atoms with Crippen molar-refractivity contribution in [2.45, 2.75) is 31.2 Å². The molecule has 0 amide bonds. The second-order valence-electron chi connectivity index (χ2n) is 6.22. The van der Waals surface area contributed by atoms with Gasteiger partial charge < -0.3 is 20.2 Å². The number of aromatic hydroxyl groups is 1. The van der Waals surface area contributed by atoms with Crippen LogP contribution in [0, 0.1) is 3.95 Å². The summed E-state index contributed by atoms with van der Waals surface area (Å²) in [5.41, 5.74) is 4.20. The van der Waals surface area contributed by atoms with Crippen LogP contribution in [0.25, 0.3) is 6.08 Å². The fourth-order valence-electron chi connectivity index (χ4n) is 2.77. The average molecular weight is 451 g/mol. The maximum Gasteiger partial charge on any atom is 0.335 e. The lowest BCUT2D eigenvalue weighted by Gasteiger charge is -2.19. The van der Waals surface area contributed by atoms with Gasteiger partial charge >= 0.3 is 11.9 Å². The van der Waals surface area contributed by atoms with E-state index in [4.69, 9.17) is 17.3 Å². The molecule has 0 saturated heterocycles. The van der Waals surface area contributed by atoms with Crippen LogP contribution in [-0.2, 0) is 11.3 Å². The molecule has 2 aromatic rings. The fraction of sp³-hybridized carbons (Fsp3) is 0.263. The molecule has 1 aromatic heterocycles. The number of benzene rings is 1. The van der Waals surface area contributed by atoms with Crippen molar-refractivity contribution in [3.05, 3.63) is 43.4 Å². The second-order valence-corrected chi connectivity index (χ2v) is 8.93. The van der Waals surface area contributed by atoms with Gasteiger partial charge in [0.15, 0.2) is 3.95 Å². The quantitative estimate of drug-likeness (QED) is 0.414. The molecule has 0 atom stereocenters. The Balaban J connectivity index is 2.00. The fourth-order valence-corrected chi connectivity index (χ4v) is 5.00. The van der Waals surface area contributed by atoms with Gasteiger partial charge in [-0.2, -0.15) is 0 Å². The van der Waals surface area contributed by atoms with E-state index < -0.39 is 18.5 Å². The number of nitrogens with zero attached hydrogens (tertiary/aromatic N) is 2. The van der Waals surface area contributed by atoms with E-state index in [9.17, 15) is 19.8 Å². The summed E-state index contributed by atoms with van der Waals surface area (Å²) < 4.78 is 1.42. The van der Waals surface area contributed by atoms with E-state index in [2.05, 4.69) is 12.7 Å². The minimum absolute atomic E-state index is 0.204. The Hall–Kier alpha value is -2.52. The van der Waals surface area contributed by atoms with Crippen LogP contribution in [0.3, 0.4) is 0 Å². The predicted octanol–water partition coefficient (Wildman–Crippen LogP) is 4.63. The zero-order valence-electron chi connectivity index (χ0n) is 15.4. The molecule has 29 heavy (non-hydrogen) atoms. The van der Waals surface area contributed by atoms with Crippen LogP contribution in [0.15, 0.2) is 33.9 Å². The molecule has 2 heterocycles. The van der Waals surface area contributed by atoms with Crippen LogP contribution in [0.5, 0.6) is 5.88 Å². The largest absolute Gasteiger partial charge is 0.493 e. The molecule has 3 rings (SSSR count). The lowest BCUT2D eigenvalue weighted by atomic mass is 10.2. The predicted molar refractivity (Wildman–Crippen MR) is 115 cm³/mol. The summed E-state index contributed by atoms with van der Waals surface area (Å²) >= 11 is 7.70. The van der Waals surface area contributed by atoms with Gasteiger partial charge in [0.1, 0.15) is 11.6 Å². The molecule has 3 N–H and O–H groups in total. The first-order valence-electron chi connectivity index (χ1n) is 8.75. The van der Waals surface area contributed by atoms with Crippen molar-refractivity contribution in [3.63, 3.8) is 0 Å². The van der Waals surface area contributed by atoms with Crippen LogP contribution >= 0.6 is 35.3 Å². The number of carbonyl (C=O) groups is 2. The third-order valence-corrected chi connectivity index (χ3v) is 6.68. The highest BCUT2D eigenvalue weighted by molar-refractivity contribution is 8.03. The maximum absolute atomic E-state index is 11.3. The topological polar surface area (TPSA) is 103 Å². The van der Waals surface area contributed by atoms with Crippen molar-refractivity contribution < 1.29 is 24.9 Å². The van der Waals surface area contributed by atoms with E-state index in [1.807, 2.05) is 4.90 Å². The Morgan fingerprint density at radius 1 is 1.31 bits per heavy atom. The average Bonchev–Trinajstić information content (AvgIpc) is 3.15. The van der Waals surface area contributed by atoms with Crippen molar-refractivity contribution in [2.75, 3.05) is 11.4 Å². The minimum Gasteiger partial charge on any atom is -0.493 e. The number of aromatic nitrogens is 1. The summed E-state index contributed by atoms with van der Waals surface area (Å²) in [5.74, 6) is -2.28. The Bertz CT molecular complexity index is 1100. The summed E-state index contributed by atoms with van der Waals surface area (Å²) in [6, 6.07) is 5.00. The molecule has 1 aliphatic rings. The summed E-state index contributed by atoms with van der Waals surface area (Å²) in [7, 11) is 0. The van der Waals surface area contributed by atoms with Gasteiger partial charge in [-0.3, -0.25) is 9.36 Å². The van der Waals surface area contributed by atoms with Gasteiger partial charge in [0, 0.05) is 17.5 Å². The summed E-state index contributed by atoms with van der Waals surface area (Å²) in [6.07, 6.45) is 3.48. The molecule has 10 heteroatoms. The summed E-state index contributed by atoms with van der Waals surface area (Å²) in [6.45, 7) is 2.37. The molecule has 0 bridgehead atoms. The number of carboxylic acids is 2. The molecule has 0 saturated carbocycles. The van der Waals surface area contributed by atoms with Gasteiger partial charge in [-0.1, -0.05) is 30.8 Å². The summed E-state index contributed by atoms with van der Waals surface area (Å²) in [5, 5.41) is 29.3. The normalized spacial score (nSPS) is 12.6. The molecule has 0 radical (unpaired) electrons. The second kappa shape index (κ2) is 8.87. The van der Waals surface area contributed by atoms with E-state index in [1.54, 1.807) is 24.3 Å². The van der Waals surface area contributed by atoms with Crippen molar-refractivity contribution in [1.29, 1.82) is 0 Å². The van der Waals surface area contributed by atoms with Crippen LogP contribution < -0.4 is 4.90 Å². The van der Waals surface area contributed by atoms with E-state index >= 15 is 0 Å². The number of aliphatic carboxylic acids is 1. The first-order chi connectivity index (χ1) is 13.8. The Kier molecular flexibility index (Phi) is 6.49. The van der Waals surface area contributed by atoms with Gasteiger partial charge in [-0.15, -0.1) is 11.3 Å². The van der Waals surface area contributed by atoms with E-state index in [-0.39, 0.29) is 15.4 Å². The standard InChI is InChI=1S/C19H18N2O5S3/c1-2-3-8-20-12-9-11(18(25)26)4-5-13(12)28-15(20)7-6-14-17(24)21(10-16(22)23)19(27)29-14/h4-6,9,24H,2-3,8,10H2,1H3,(H,22,23)(H,25,26). The number of rotatable bonds is 7. The van der Waals surface area contributed by atoms with Gasteiger partial charge in [-0.25, -0.2) is 4.79 Å². The third-order valence-electron chi connectivity index (χ3n) is 4.20. The Labute approximate surface area is 180 Å². The van der Waals surface area contributed by atoms with Gasteiger partial charge in [-0.05, 0) is 36.8 Å². The molecule has 0 unspecified atom stereocenters. The third kappa shape index (κ3) is 4.56. The van der Waals surface area contributed by atoms with Gasteiger partial charge in [0.25, 0.3) is 0 Å². The van der Waals surface area contributed by atoms with Crippen molar-refractivity contribution in [1.82, 2.24) is 4.57 Å². The van der Waals surface area contributed by atoms with E-state index in [0.717, 1.165) is 44.4 Å². The summed E-state index contributed by atoms with van der Waals surface area (Å²) in [4.78, 5) is 25.6. The maximum atomic E-state index is 11.3. The van der Waals surface area contributed by atoms with Crippen molar-refractivity contribution in [3.8, 4) is 5.88 Å². The molecular weight excluding hydrogens is 432 g/mol. The number of hydrogen-bond acceptors (Lipinski definition) is 7. The highest BCUT2D eigenvalue weighted by Crippen LogP contribution is 2.46. The van der Waals surface area contributed by atoms with E-state index in [0.29, 0.717) is 11.4 Å². The highest BCUT2D eigenvalue weighted by atomic mass is 32.2. The molecule has 152 valence electrons. The number of thioether (sulfide) groups is 1. The Morgan fingerprint density at radius 3 is 2.72 bits per heavy atom. The molecular formula is C19H18N2O5S3. The highest BCUT2D eigenvalue weighted by Gasteiger charge is 2.26. The van der Waals surface area contributed by atoms with E-state index in [1.165, 1.54) is 11.8 Å². The van der Waals surface area contributed by atoms with Crippen molar-refractivity contribution in [2.24, 2.45) is 0 Å². The number of aromatic carboxylic acids is 1. The minimum atomic E-state index is -1.09. The van der Waals surface area contributed by atoms with Gasteiger partial charge in [0.05, 0.1) is 16.1 Å². The molecule has 1 aliphatic heterocycles. The lowest BCUT2D eigenvalue weighted by molar-refractivity contribution is -0.137. The van der Waals surface area contributed by atoms with Crippen LogP contribution in [0.1, 0.15) is 35.0 Å². The van der Waals surface area contributed by atoms with Crippen LogP contribution in [-0.4, -0.2) is 38.4 Å². The zero-order chi connectivity index (χ0) is 21.1. The number of hydrogen-bond donors (Lipinski definition) is 3.